The standard InChI is InChI=1S/C13H17F2NO/c14-10-4-5-13(15)9(6-10)8-17-12-3-1-2-11(16)7-12/h4-6,11-12H,1-3,7-8,16H2. The first-order chi connectivity index (χ1) is 8.15. The van der Waals surface area contributed by atoms with Crippen LogP contribution in [0, 0.1) is 11.6 Å². The Hall–Kier alpha value is -1.00. The number of hydrogen-bond donors (Lipinski definition) is 1. The number of hydrogen-bond acceptors (Lipinski definition) is 2. The maximum Gasteiger partial charge on any atom is 0.128 e. The maximum absolute atomic E-state index is 13.3. The van der Waals surface area contributed by atoms with Gasteiger partial charge in [-0.3, -0.25) is 0 Å². The summed E-state index contributed by atoms with van der Waals surface area (Å²) in [6, 6.07) is 3.58. The highest BCUT2D eigenvalue weighted by Gasteiger charge is 2.20. The fraction of sp³-hybridized carbons (Fsp3) is 0.538. The molecule has 0 radical (unpaired) electrons. The molecule has 1 aliphatic rings. The molecule has 17 heavy (non-hydrogen) atoms. The molecule has 1 aromatic rings. The van der Waals surface area contributed by atoms with E-state index in [1.165, 1.54) is 6.07 Å². The Morgan fingerprint density at radius 1 is 1.29 bits per heavy atom. The highest BCUT2D eigenvalue weighted by atomic mass is 19.1. The fourth-order valence-electron chi connectivity index (χ4n) is 2.19. The van der Waals surface area contributed by atoms with Crippen molar-refractivity contribution in [1.82, 2.24) is 0 Å². The SMILES string of the molecule is NC1CCCC(OCc2cc(F)ccc2F)C1. The molecular weight excluding hydrogens is 224 g/mol. The third-order valence-corrected chi connectivity index (χ3v) is 3.15. The van der Waals surface area contributed by atoms with E-state index in [9.17, 15) is 8.78 Å². The second-order valence-corrected chi connectivity index (χ2v) is 4.60. The van der Waals surface area contributed by atoms with E-state index in [4.69, 9.17) is 10.5 Å². The van der Waals surface area contributed by atoms with Crippen molar-refractivity contribution in [3.8, 4) is 0 Å². The Labute approximate surface area is 99.8 Å². The predicted molar refractivity (Wildman–Crippen MR) is 61.4 cm³/mol. The second kappa shape index (κ2) is 5.56. The van der Waals surface area contributed by atoms with Gasteiger partial charge in [0.1, 0.15) is 11.6 Å². The van der Waals surface area contributed by atoms with Gasteiger partial charge in [-0.05, 0) is 43.9 Å². The van der Waals surface area contributed by atoms with Crippen LogP contribution in [0.3, 0.4) is 0 Å². The minimum absolute atomic E-state index is 0.0708. The molecule has 1 fully saturated rings. The monoisotopic (exact) mass is 241 g/mol. The van der Waals surface area contributed by atoms with Crippen molar-refractivity contribution in [3.63, 3.8) is 0 Å². The molecule has 1 aromatic carbocycles. The Balaban J connectivity index is 1.90. The molecule has 2 rings (SSSR count). The van der Waals surface area contributed by atoms with Gasteiger partial charge in [-0.25, -0.2) is 8.78 Å². The Kier molecular flexibility index (Phi) is 4.07. The van der Waals surface area contributed by atoms with Crippen molar-refractivity contribution in [1.29, 1.82) is 0 Å². The molecule has 0 amide bonds. The van der Waals surface area contributed by atoms with Crippen molar-refractivity contribution < 1.29 is 13.5 Å². The van der Waals surface area contributed by atoms with Crippen molar-refractivity contribution >= 4 is 0 Å². The summed E-state index contributed by atoms with van der Waals surface area (Å²) < 4.78 is 31.9. The summed E-state index contributed by atoms with van der Waals surface area (Å²) in [7, 11) is 0. The minimum atomic E-state index is -0.439. The van der Waals surface area contributed by atoms with E-state index in [0.29, 0.717) is 0 Å². The summed E-state index contributed by atoms with van der Waals surface area (Å²) in [5, 5.41) is 0. The third-order valence-electron chi connectivity index (χ3n) is 3.15. The van der Waals surface area contributed by atoms with E-state index in [-0.39, 0.29) is 24.3 Å². The quantitative estimate of drug-likeness (QED) is 0.883. The zero-order valence-electron chi connectivity index (χ0n) is 9.66. The topological polar surface area (TPSA) is 35.2 Å². The van der Waals surface area contributed by atoms with Gasteiger partial charge < -0.3 is 10.5 Å². The Morgan fingerprint density at radius 3 is 2.88 bits per heavy atom. The first-order valence-corrected chi connectivity index (χ1v) is 5.96. The largest absolute Gasteiger partial charge is 0.373 e. The molecule has 0 saturated heterocycles. The van der Waals surface area contributed by atoms with Gasteiger partial charge in [-0.2, -0.15) is 0 Å². The van der Waals surface area contributed by atoms with E-state index >= 15 is 0 Å². The van der Waals surface area contributed by atoms with Gasteiger partial charge in [0.15, 0.2) is 0 Å². The van der Waals surface area contributed by atoms with Crippen LogP contribution < -0.4 is 5.73 Å². The maximum atomic E-state index is 13.3. The molecule has 0 spiro atoms. The summed E-state index contributed by atoms with van der Waals surface area (Å²) in [6.45, 7) is 0.112. The Bertz CT molecular complexity index is 384. The van der Waals surface area contributed by atoms with Crippen LogP contribution in [0.25, 0.3) is 0 Å². The smallest absolute Gasteiger partial charge is 0.128 e. The van der Waals surface area contributed by atoms with E-state index in [1.807, 2.05) is 0 Å². The lowest BCUT2D eigenvalue weighted by molar-refractivity contribution is 0.0109. The van der Waals surface area contributed by atoms with Crippen molar-refractivity contribution in [2.75, 3.05) is 0 Å². The normalized spacial score (nSPS) is 24.9. The molecule has 0 aliphatic heterocycles. The summed E-state index contributed by atoms with van der Waals surface area (Å²) in [6.07, 6.45) is 3.88. The highest BCUT2D eigenvalue weighted by Crippen LogP contribution is 2.21. The average Bonchev–Trinajstić information content (AvgIpc) is 2.30. The zero-order chi connectivity index (χ0) is 12.3. The van der Waals surface area contributed by atoms with Crippen LogP contribution in [0.5, 0.6) is 0 Å². The zero-order valence-corrected chi connectivity index (χ0v) is 9.66. The summed E-state index contributed by atoms with van der Waals surface area (Å²) in [5.41, 5.74) is 6.10. The highest BCUT2D eigenvalue weighted by molar-refractivity contribution is 5.17. The molecule has 1 saturated carbocycles. The van der Waals surface area contributed by atoms with Crippen LogP contribution in [0.1, 0.15) is 31.2 Å². The van der Waals surface area contributed by atoms with E-state index in [1.54, 1.807) is 0 Å². The van der Waals surface area contributed by atoms with Crippen LogP contribution in [-0.2, 0) is 11.3 Å². The lowest BCUT2D eigenvalue weighted by Crippen LogP contribution is -2.32. The van der Waals surface area contributed by atoms with Gasteiger partial charge in [0.05, 0.1) is 12.7 Å². The van der Waals surface area contributed by atoms with Crippen LogP contribution in [0.15, 0.2) is 18.2 Å². The number of ether oxygens (including phenoxy) is 1. The lowest BCUT2D eigenvalue weighted by Gasteiger charge is -2.26. The summed E-state index contributed by atoms with van der Waals surface area (Å²) in [5.74, 6) is -0.864. The molecule has 2 nitrogen and oxygen atoms in total. The van der Waals surface area contributed by atoms with E-state index < -0.39 is 11.6 Å². The van der Waals surface area contributed by atoms with Gasteiger partial charge in [0.2, 0.25) is 0 Å². The second-order valence-electron chi connectivity index (χ2n) is 4.60. The van der Waals surface area contributed by atoms with Gasteiger partial charge in [0.25, 0.3) is 0 Å². The number of halogens is 2. The first kappa shape index (κ1) is 12.5. The van der Waals surface area contributed by atoms with E-state index in [2.05, 4.69) is 0 Å². The van der Waals surface area contributed by atoms with Gasteiger partial charge >= 0.3 is 0 Å². The molecule has 0 aromatic heterocycles. The molecule has 0 heterocycles. The molecule has 2 unspecified atom stereocenters. The van der Waals surface area contributed by atoms with E-state index in [0.717, 1.165) is 37.8 Å². The summed E-state index contributed by atoms with van der Waals surface area (Å²) >= 11 is 0. The fourth-order valence-corrected chi connectivity index (χ4v) is 2.19. The Morgan fingerprint density at radius 2 is 2.12 bits per heavy atom. The molecule has 4 heteroatoms. The van der Waals surface area contributed by atoms with Crippen LogP contribution in [0.4, 0.5) is 8.78 Å². The summed E-state index contributed by atoms with van der Waals surface area (Å²) in [4.78, 5) is 0. The molecule has 1 aliphatic carbocycles. The molecule has 0 bridgehead atoms. The van der Waals surface area contributed by atoms with Gasteiger partial charge in [-0.15, -0.1) is 0 Å². The van der Waals surface area contributed by atoms with Crippen LogP contribution >= 0.6 is 0 Å². The third kappa shape index (κ3) is 3.48. The van der Waals surface area contributed by atoms with Gasteiger partial charge in [0, 0.05) is 11.6 Å². The van der Waals surface area contributed by atoms with Crippen LogP contribution in [0.2, 0.25) is 0 Å². The molecule has 2 atom stereocenters. The van der Waals surface area contributed by atoms with Crippen LogP contribution in [-0.4, -0.2) is 12.1 Å². The van der Waals surface area contributed by atoms with Gasteiger partial charge in [-0.1, -0.05) is 0 Å². The predicted octanol–water partition coefficient (Wildman–Crippen LogP) is 2.75. The number of rotatable bonds is 3. The number of benzene rings is 1. The number of nitrogens with two attached hydrogens (primary N) is 1. The van der Waals surface area contributed by atoms with Crippen molar-refractivity contribution in [2.24, 2.45) is 5.73 Å². The minimum Gasteiger partial charge on any atom is -0.373 e. The lowest BCUT2D eigenvalue weighted by atomic mass is 9.93. The first-order valence-electron chi connectivity index (χ1n) is 5.96. The molecule has 2 N–H and O–H groups in total. The van der Waals surface area contributed by atoms with Crippen molar-refractivity contribution in [3.05, 3.63) is 35.4 Å². The molecular formula is C13H17F2NO. The van der Waals surface area contributed by atoms with Crippen molar-refractivity contribution in [2.45, 2.75) is 44.4 Å². The molecule has 94 valence electrons. The average molecular weight is 241 g/mol.